The molecule has 0 radical (unpaired) electrons. The molecule has 0 aliphatic heterocycles. The quantitative estimate of drug-likeness (QED) is 0.839. The second-order valence-electron chi connectivity index (χ2n) is 4.82. The zero-order chi connectivity index (χ0) is 13.3. The fraction of sp³-hybridized carbons (Fsp3) is 0.400. The van der Waals surface area contributed by atoms with Crippen LogP contribution in [0.5, 0.6) is 0 Å². The summed E-state index contributed by atoms with van der Waals surface area (Å²) in [5.41, 5.74) is 3.13. The first-order chi connectivity index (χ1) is 8.54. The molecule has 2 aromatic rings. The number of likely N-dealkylation sites (N-methyl/N-ethyl adjacent to an activating group) is 1. The lowest BCUT2D eigenvalue weighted by Crippen LogP contribution is -2.33. The number of nitrogens with one attached hydrogen (secondary N) is 1. The van der Waals surface area contributed by atoms with Crippen LogP contribution in [0.2, 0.25) is 0 Å². The standard InChI is InChI=1S/C15H20N2O/c1-5-16-11(3)15(18)13-9-17(4)14-8-10(2)6-7-12(13)14/h6-9,11,16H,5H2,1-4H3. The van der Waals surface area contributed by atoms with E-state index in [2.05, 4.69) is 24.4 Å². The van der Waals surface area contributed by atoms with Crippen molar-refractivity contribution in [3.05, 3.63) is 35.5 Å². The van der Waals surface area contributed by atoms with Crippen molar-refractivity contribution in [3.63, 3.8) is 0 Å². The number of aryl methyl sites for hydroxylation is 2. The number of hydrogen-bond donors (Lipinski definition) is 1. The highest BCUT2D eigenvalue weighted by molar-refractivity contribution is 6.10. The molecule has 0 spiro atoms. The van der Waals surface area contributed by atoms with Gasteiger partial charge in [-0.1, -0.05) is 19.1 Å². The summed E-state index contributed by atoms with van der Waals surface area (Å²) < 4.78 is 2.02. The molecule has 1 heterocycles. The Hall–Kier alpha value is -1.61. The normalized spacial score (nSPS) is 12.9. The highest BCUT2D eigenvalue weighted by atomic mass is 16.1. The highest BCUT2D eigenvalue weighted by Crippen LogP contribution is 2.23. The van der Waals surface area contributed by atoms with Gasteiger partial charge in [0.15, 0.2) is 5.78 Å². The van der Waals surface area contributed by atoms with Crippen LogP contribution in [0.3, 0.4) is 0 Å². The molecule has 0 saturated carbocycles. The minimum atomic E-state index is -0.137. The van der Waals surface area contributed by atoms with Crippen molar-refractivity contribution in [2.45, 2.75) is 26.8 Å². The summed E-state index contributed by atoms with van der Waals surface area (Å²) in [7, 11) is 1.98. The smallest absolute Gasteiger partial charge is 0.181 e. The number of Topliss-reactive ketones (excluding diaryl/α,β-unsaturated/α-hetero) is 1. The van der Waals surface area contributed by atoms with Crippen molar-refractivity contribution in [2.24, 2.45) is 7.05 Å². The van der Waals surface area contributed by atoms with Gasteiger partial charge in [0.25, 0.3) is 0 Å². The molecule has 96 valence electrons. The van der Waals surface area contributed by atoms with Gasteiger partial charge in [-0.3, -0.25) is 4.79 Å². The maximum Gasteiger partial charge on any atom is 0.181 e. The highest BCUT2D eigenvalue weighted by Gasteiger charge is 2.18. The zero-order valence-electron chi connectivity index (χ0n) is 11.4. The van der Waals surface area contributed by atoms with E-state index >= 15 is 0 Å². The van der Waals surface area contributed by atoms with E-state index in [1.54, 1.807) is 0 Å². The SMILES string of the molecule is CCNC(C)C(=O)c1cn(C)c2cc(C)ccc12. The fourth-order valence-electron chi connectivity index (χ4n) is 2.32. The largest absolute Gasteiger partial charge is 0.350 e. The average Bonchev–Trinajstić information content (AvgIpc) is 2.66. The first-order valence-electron chi connectivity index (χ1n) is 6.38. The summed E-state index contributed by atoms with van der Waals surface area (Å²) >= 11 is 0. The van der Waals surface area contributed by atoms with E-state index in [0.29, 0.717) is 0 Å². The Labute approximate surface area is 108 Å². The van der Waals surface area contributed by atoms with Crippen molar-refractivity contribution >= 4 is 16.7 Å². The Bertz CT molecular complexity index is 583. The first kappa shape index (κ1) is 12.8. The van der Waals surface area contributed by atoms with Gasteiger partial charge >= 0.3 is 0 Å². The number of hydrogen-bond acceptors (Lipinski definition) is 2. The summed E-state index contributed by atoms with van der Waals surface area (Å²) in [5, 5.41) is 4.21. The van der Waals surface area contributed by atoms with Gasteiger partial charge in [-0.2, -0.15) is 0 Å². The molecule has 1 N–H and O–H groups in total. The molecule has 18 heavy (non-hydrogen) atoms. The van der Waals surface area contributed by atoms with Crippen molar-refractivity contribution in [2.75, 3.05) is 6.54 Å². The van der Waals surface area contributed by atoms with Gasteiger partial charge in [-0.05, 0) is 32.0 Å². The molecule has 0 aliphatic carbocycles. The molecule has 0 aliphatic rings. The number of ketones is 1. The van der Waals surface area contributed by atoms with Gasteiger partial charge < -0.3 is 9.88 Å². The van der Waals surface area contributed by atoms with Gasteiger partial charge in [0.2, 0.25) is 0 Å². The molecule has 1 atom stereocenters. The van der Waals surface area contributed by atoms with E-state index in [1.165, 1.54) is 5.56 Å². The maximum atomic E-state index is 12.4. The van der Waals surface area contributed by atoms with E-state index in [1.807, 2.05) is 37.7 Å². The van der Waals surface area contributed by atoms with Crippen LogP contribution in [0.1, 0.15) is 29.8 Å². The molecule has 1 aromatic carbocycles. The predicted octanol–water partition coefficient (Wildman–Crippen LogP) is 2.67. The van der Waals surface area contributed by atoms with Crippen molar-refractivity contribution in [1.29, 1.82) is 0 Å². The Morgan fingerprint density at radius 1 is 1.44 bits per heavy atom. The number of rotatable bonds is 4. The lowest BCUT2D eigenvalue weighted by molar-refractivity contribution is 0.0953. The monoisotopic (exact) mass is 244 g/mol. The summed E-state index contributed by atoms with van der Waals surface area (Å²) in [6.07, 6.45) is 1.93. The number of carbonyl (C=O) groups excluding carboxylic acids is 1. The maximum absolute atomic E-state index is 12.4. The average molecular weight is 244 g/mol. The number of carbonyl (C=O) groups is 1. The Morgan fingerprint density at radius 2 is 2.17 bits per heavy atom. The van der Waals surface area contributed by atoms with Crippen LogP contribution in [-0.2, 0) is 7.05 Å². The molecule has 1 aromatic heterocycles. The van der Waals surface area contributed by atoms with E-state index in [4.69, 9.17) is 0 Å². The summed E-state index contributed by atoms with van der Waals surface area (Å²) in [4.78, 5) is 12.4. The van der Waals surface area contributed by atoms with Crippen LogP contribution in [0.4, 0.5) is 0 Å². The lowest BCUT2D eigenvalue weighted by atomic mass is 10.0. The summed E-state index contributed by atoms with van der Waals surface area (Å²) in [5.74, 6) is 0.159. The van der Waals surface area contributed by atoms with Crippen LogP contribution in [0.15, 0.2) is 24.4 Å². The van der Waals surface area contributed by atoms with Crippen molar-refractivity contribution in [3.8, 4) is 0 Å². The van der Waals surface area contributed by atoms with Gasteiger partial charge in [-0.15, -0.1) is 0 Å². The fourth-order valence-corrected chi connectivity index (χ4v) is 2.32. The zero-order valence-corrected chi connectivity index (χ0v) is 11.4. The van der Waals surface area contributed by atoms with Crippen LogP contribution in [0.25, 0.3) is 10.9 Å². The van der Waals surface area contributed by atoms with Gasteiger partial charge in [-0.25, -0.2) is 0 Å². The summed E-state index contributed by atoms with van der Waals surface area (Å²) in [6, 6.07) is 6.07. The van der Waals surface area contributed by atoms with Crippen LogP contribution < -0.4 is 5.32 Å². The second kappa shape index (κ2) is 4.94. The van der Waals surface area contributed by atoms with Crippen LogP contribution in [0, 0.1) is 6.92 Å². The van der Waals surface area contributed by atoms with Crippen LogP contribution >= 0.6 is 0 Å². The second-order valence-corrected chi connectivity index (χ2v) is 4.82. The molecule has 1 unspecified atom stereocenters. The third-order valence-corrected chi connectivity index (χ3v) is 3.32. The minimum Gasteiger partial charge on any atom is -0.350 e. The van der Waals surface area contributed by atoms with E-state index < -0.39 is 0 Å². The minimum absolute atomic E-state index is 0.137. The molecule has 3 heteroatoms. The van der Waals surface area contributed by atoms with E-state index in [9.17, 15) is 4.79 Å². The van der Waals surface area contributed by atoms with Crippen molar-refractivity contribution < 1.29 is 4.79 Å². The molecular weight excluding hydrogens is 224 g/mol. The topological polar surface area (TPSA) is 34.0 Å². The van der Waals surface area contributed by atoms with Gasteiger partial charge in [0.1, 0.15) is 0 Å². The molecular formula is C15H20N2O. The molecule has 0 bridgehead atoms. The molecule has 0 amide bonds. The van der Waals surface area contributed by atoms with Gasteiger partial charge in [0, 0.05) is 29.7 Å². The Balaban J connectivity index is 2.49. The lowest BCUT2D eigenvalue weighted by Gasteiger charge is -2.10. The van der Waals surface area contributed by atoms with Crippen LogP contribution in [-0.4, -0.2) is 22.9 Å². The Kier molecular flexibility index (Phi) is 3.53. The molecule has 0 fully saturated rings. The number of benzene rings is 1. The molecule has 3 nitrogen and oxygen atoms in total. The molecule has 0 saturated heterocycles. The number of nitrogens with zero attached hydrogens (tertiary/aromatic N) is 1. The third kappa shape index (κ3) is 2.18. The van der Waals surface area contributed by atoms with E-state index in [0.717, 1.165) is 23.0 Å². The summed E-state index contributed by atoms with van der Waals surface area (Å²) in [6.45, 7) is 6.79. The first-order valence-corrected chi connectivity index (χ1v) is 6.38. The molecule has 2 rings (SSSR count). The number of aromatic nitrogens is 1. The predicted molar refractivity (Wildman–Crippen MR) is 75.1 cm³/mol. The third-order valence-electron chi connectivity index (χ3n) is 3.32. The van der Waals surface area contributed by atoms with Gasteiger partial charge in [0.05, 0.1) is 6.04 Å². The number of fused-ring (bicyclic) bond motifs is 1. The Morgan fingerprint density at radius 3 is 2.83 bits per heavy atom. The van der Waals surface area contributed by atoms with E-state index in [-0.39, 0.29) is 11.8 Å². The van der Waals surface area contributed by atoms with Crippen molar-refractivity contribution in [1.82, 2.24) is 9.88 Å².